The number of rotatable bonds is 7. The number of nitrogens with one attached hydrogen (secondary N) is 1. The number of methoxy groups -OCH3 is 1. The summed E-state index contributed by atoms with van der Waals surface area (Å²) in [7, 11) is 3.63. The van der Waals surface area contributed by atoms with E-state index in [2.05, 4.69) is 48.5 Å². The van der Waals surface area contributed by atoms with Crippen molar-refractivity contribution in [3.05, 3.63) is 41.7 Å². The van der Waals surface area contributed by atoms with Crippen LogP contribution in [0.2, 0.25) is 0 Å². The Morgan fingerprint density at radius 1 is 1.29 bits per heavy atom. The SMILES string of the molecule is CCNC(c1ccc(SCC)cc1)c1c(OC)cnn1C. The molecule has 1 unspecified atom stereocenters. The molecule has 1 heterocycles. The summed E-state index contributed by atoms with van der Waals surface area (Å²) in [5.74, 6) is 1.90. The number of hydrogen-bond donors (Lipinski definition) is 1. The third kappa shape index (κ3) is 3.60. The maximum absolute atomic E-state index is 5.45. The molecule has 5 heteroatoms. The van der Waals surface area contributed by atoms with Crippen LogP contribution in [0.5, 0.6) is 5.75 Å². The minimum Gasteiger partial charge on any atom is -0.493 e. The number of nitrogens with zero attached hydrogens (tertiary/aromatic N) is 2. The van der Waals surface area contributed by atoms with Gasteiger partial charge in [0.05, 0.1) is 19.3 Å². The van der Waals surface area contributed by atoms with Crippen LogP contribution in [0.3, 0.4) is 0 Å². The molecular weight excluding hydrogens is 282 g/mol. The average molecular weight is 305 g/mol. The molecule has 114 valence electrons. The van der Waals surface area contributed by atoms with Crippen molar-refractivity contribution in [3.8, 4) is 5.75 Å². The van der Waals surface area contributed by atoms with Gasteiger partial charge in [0, 0.05) is 11.9 Å². The maximum atomic E-state index is 5.45. The summed E-state index contributed by atoms with van der Waals surface area (Å²) in [5, 5.41) is 7.83. The Labute approximate surface area is 130 Å². The molecule has 0 fully saturated rings. The highest BCUT2D eigenvalue weighted by Crippen LogP contribution is 2.30. The Morgan fingerprint density at radius 3 is 2.57 bits per heavy atom. The normalized spacial score (nSPS) is 12.4. The van der Waals surface area contributed by atoms with Gasteiger partial charge < -0.3 is 10.1 Å². The van der Waals surface area contributed by atoms with Gasteiger partial charge in [0.1, 0.15) is 5.69 Å². The highest BCUT2D eigenvalue weighted by Gasteiger charge is 2.21. The van der Waals surface area contributed by atoms with Crippen LogP contribution < -0.4 is 10.1 Å². The first-order chi connectivity index (χ1) is 10.2. The molecule has 0 saturated carbocycles. The van der Waals surface area contributed by atoms with Gasteiger partial charge in [0.25, 0.3) is 0 Å². The monoisotopic (exact) mass is 305 g/mol. The lowest BCUT2D eigenvalue weighted by atomic mass is 10.0. The molecule has 0 spiro atoms. The van der Waals surface area contributed by atoms with Crippen LogP contribution in [-0.2, 0) is 7.05 Å². The maximum Gasteiger partial charge on any atom is 0.161 e. The zero-order chi connectivity index (χ0) is 15.2. The Morgan fingerprint density at radius 2 is 2.00 bits per heavy atom. The Kier molecular flexibility index (Phi) is 5.70. The van der Waals surface area contributed by atoms with E-state index in [0.29, 0.717) is 0 Å². The molecule has 4 nitrogen and oxygen atoms in total. The van der Waals surface area contributed by atoms with Gasteiger partial charge >= 0.3 is 0 Å². The van der Waals surface area contributed by atoms with Crippen LogP contribution in [0, 0.1) is 0 Å². The second-order valence-electron chi connectivity index (χ2n) is 4.71. The summed E-state index contributed by atoms with van der Waals surface area (Å²) in [6, 6.07) is 8.79. The van der Waals surface area contributed by atoms with Gasteiger partial charge in [-0.05, 0) is 30.0 Å². The second-order valence-corrected chi connectivity index (χ2v) is 6.05. The lowest BCUT2D eigenvalue weighted by Gasteiger charge is -2.20. The van der Waals surface area contributed by atoms with Crippen LogP contribution in [-0.4, -0.2) is 29.2 Å². The van der Waals surface area contributed by atoms with Crippen molar-refractivity contribution in [2.24, 2.45) is 7.05 Å². The minimum atomic E-state index is 0.0816. The molecule has 1 N–H and O–H groups in total. The standard InChI is InChI=1S/C16H23N3OS/c1-5-17-15(16-14(20-4)11-18-19(16)3)12-7-9-13(10-8-12)21-6-2/h7-11,15,17H,5-6H2,1-4H3. The fourth-order valence-corrected chi connectivity index (χ4v) is 3.07. The quantitative estimate of drug-likeness (QED) is 0.797. The van der Waals surface area contributed by atoms with Crippen molar-refractivity contribution >= 4 is 11.8 Å². The van der Waals surface area contributed by atoms with Crippen LogP contribution in [0.25, 0.3) is 0 Å². The number of benzene rings is 1. The average Bonchev–Trinajstić information content (AvgIpc) is 2.87. The van der Waals surface area contributed by atoms with Crippen molar-refractivity contribution in [2.75, 3.05) is 19.4 Å². The molecule has 1 atom stereocenters. The smallest absolute Gasteiger partial charge is 0.161 e. The van der Waals surface area contributed by atoms with E-state index < -0.39 is 0 Å². The number of thioether (sulfide) groups is 1. The molecule has 0 aliphatic heterocycles. The van der Waals surface area contributed by atoms with Crippen LogP contribution in [0.4, 0.5) is 0 Å². The topological polar surface area (TPSA) is 39.1 Å². The molecule has 0 aliphatic carbocycles. The second kappa shape index (κ2) is 7.52. The van der Waals surface area contributed by atoms with Crippen LogP contribution >= 0.6 is 11.8 Å². The predicted molar refractivity (Wildman–Crippen MR) is 88.1 cm³/mol. The van der Waals surface area contributed by atoms with E-state index in [1.807, 2.05) is 23.5 Å². The summed E-state index contributed by atoms with van der Waals surface area (Å²) in [6.45, 7) is 5.15. The first kappa shape index (κ1) is 15.9. The third-order valence-corrected chi connectivity index (χ3v) is 4.27. The van der Waals surface area contributed by atoms with Gasteiger partial charge in [-0.2, -0.15) is 5.10 Å². The molecule has 0 radical (unpaired) electrons. The van der Waals surface area contributed by atoms with Gasteiger partial charge in [-0.15, -0.1) is 11.8 Å². The van der Waals surface area contributed by atoms with Crippen molar-refractivity contribution < 1.29 is 4.74 Å². The predicted octanol–water partition coefficient (Wildman–Crippen LogP) is 3.24. The Hall–Kier alpha value is -1.46. The number of ether oxygens (including phenoxy) is 1. The van der Waals surface area contributed by atoms with Gasteiger partial charge in [-0.1, -0.05) is 26.0 Å². The lowest BCUT2D eigenvalue weighted by Crippen LogP contribution is -2.24. The van der Waals surface area contributed by atoms with Crippen LogP contribution in [0.15, 0.2) is 35.4 Å². The zero-order valence-corrected chi connectivity index (χ0v) is 13.9. The molecule has 0 amide bonds. The highest BCUT2D eigenvalue weighted by atomic mass is 32.2. The molecule has 2 aromatic rings. The first-order valence-electron chi connectivity index (χ1n) is 7.23. The van der Waals surface area contributed by atoms with Gasteiger partial charge in [-0.3, -0.25) is 4.68 Å². The molecule has 1 aromatic carbocycles. The fraction of sp³-hybridized carbons (Fsp3) is 0.438. The van der Waals surface area contributed by atoms with E-state index in [0.717, 1.165) is 23.7 Å². The van der Waals surface area contributed by atoms with Gasteiger partial charge in [0.15, 0.2) is 5.75 Å². The lowest BCUT2D eigenvalue weighted by molar-refractivity contribution is 0.401. The van der Waals surface area contributed by atoms with E-state index in [4.69, 9.17) is 4.74 Å². The Bertz CT molecular complexity index is 565. The molecule has 1 aromatic heterocycles. The molecular formula is C16H23N3OS. The summed E-state index contributed by atoms with van der Waals surface area (Å²) < 4.78 is 7.33. The fourth-order valence-electron chi connectivity index (χ4n) is 2.41. The van der Waals surface area contributed by atoms with Gasteiger partial charge in [0.2, 0.25) is 0 Å². The van der Waals surface area contributed by atoms with E-state index in [9.17, 15) is 0 Å². The van der Waals surface area contributed by atoms with E-state index in [1.165, 1.54) is 10.5 Å². The molecule has 21 heavy (non-hydrogen) atoms. The summed E-state index contributed by atoms with van der Waals surface area (Å²) in [5.41, 5.74) is 2.27. The number of hydrogen-bond acceptors (Lipinski definition) is 4. The summed E-state index contributed by atoms with van der Waals surface area (Å²) >= 11 is 1.85. The Balaban J connectivity index is 2.36. The molecule has 0 saturated heterocycles. The zero-order valence-electron chi connectivity index (χ0n) is 13.1. The number of aromatic nitrogens is 2. The largest absolute Gasteiger partial charge is 0.493 e. The highest BCUT2D eigenvalue weighted by molar-refractivity contribution is 7.99. The van der Waals surface area contributed by atoms with Crippen LogP contribution in [0.1, 0.15) is 31.1 Å². The van der Waals surface area contributed by atoms with Crippen molar-refractivity contribution in [1.82, 2.24) is 15.1 Å². The van der Waals surface area contributed by atoms with Crippen molar-refractivity contribution in [1.29, 1.82) is 0 Å². The summed E-state index contributed by atoms with van der Waals surface area (Å²) in [4.78, 5) is 1.30. The van der Waals surface area contributed by atoms with E-state index >= 15 is 0 Å². The molecule has 2 rings (SSSR count). The molecule has 0 bridgehead atoms. The minimum absolute atomic E-state index is 0.0816. The molecule has 0 aliphatic rings. The summed E-state index contributed by atoms with van der Waals surface area (Å²) in [6.07, 6.45) is 1.76. The van der Waals surface area contributed by atoms with Crippen molar-refractivity contribution in [3.63, 3.8) is 0 Å². The number of aryl methyl sites for hydroxylation is 1. The first-order valence-corrected chi connectivity index (χ1v) is 8.21. The van der Waals surface area contributed by atoms with Gasteiger partial charge in [-0.25, -0.2) is 0 Å². The van der Waals surface area contributed by atoms with Crippen molar-refractivity contribution in [2.45, 2.75) is 24.8 Å². The van der Waals surface area contributed by atoms with E-state index in [-0.39, 0.29) is 6.04 Å². The third-order valence-electron chi connectivity index (χ3n) is 3.38. The van der Waals surface area contributed by atoms with E-state index in [1.54, 1.807) is 13.3 Å².